The minimum Gasteiger partial charge on any atom is -0.497 e. The Morgan fingerprint density at radius 2 is 1.67 bits per heavy atom. The van der Waals surface area contributed by atoms with Crippen LogP contribution in [0.15, 0.2) is 48.7 Å². The molecule has 4 heteroatoms. The number of methoxy groups -OCH3 is 1. The zero-order chi connectivity index (χ0) is 14.8. The fourth-order valence-electron chi connectivity index (χ4n) is 2.20. The lowest BCUT2D eigenvalue weighted by atomic mass is 10.1. The van der Waals surface area contributed by atoms with Gasteiger partial charge in [-0.25, -0.2) is 0 Å². The van der Waals surface area contributed by atoms with Crippen molar-refractivity contribution in [1.29, 1.82) is 0 Å². The first-order chi connectivity index (χ1) is 10.2. The molecule has 0 atom stereocenters. The zero-order valence-corrected chi connectivity index (χ0v) is 12.0. The summed E-state index contributed by atoms with van der Waals surface area (Å²) in [6, 6.07) is 13.2. The van der Waals surface area contributed by atoms with Gasteiger partial charge >= 0.3 is 0 Å². The smallest absolute Gasteiger partial charge is 0.135 e. The van der Waals surface area contributed by atoms with Crippen molar-refractivity contribution in [1.82, 2.24) is 4.98 Å². The molecule has 1 heterocycles. The number of rotatable bonds is 3. The predicted octanol–water partition coefficient (Wildman–Crippen LogP) is 3.93. The molecule has 0 aliphatic rings. The molecule has 3 rings (SSSR count). The molecule has 21 heavy (non-hydrogen) atoms. The van der Waals surface area contributed by atoms with E-state index in [1.165, 1.54) is 0 Å². The van der Waals surface area contributed by atoms with E-state index in [0.717, 1.165) is 33.7 Å². The number of hydrogen-bond acceptors (Lipinski definition) is 4. The van der Waals surface area contributed by atoms with Crippen LogP contribution in [0.2, 0.25) is 0 Å². The maximum absolute atomic E-state index is 5.99. The maximum atomic E-state index is 5.99. The lowest BCUT2D eigenvalue weighted by Crippen LogP contribution is -1.93. The Morgan fingerprint density at radius 3 is 2.38 bits per heavy atom. The van der Waals surface area contributed by atoms with Gasteiger partial charge in [0.25, 0.3) is 0 Å². The van der Waals surface area contributed by atoms with Gasteiger partial charge in [-0.05, 0) is 49.4 Å². The van der Waals surface area contributed by atoms with Gasteiger partial charge in [0.15, 0.2) is 0 Å². The Bertz CT molecular complexity index is 783. The summed E-state index contributed by atoms with van der Waals surface area (Å²) >= 11 is 0. The molecular formula is C17H16N2O2. The highest BCUT2D eigenvalue weighted by Gasteiger charge is 2.07. The number of benzene rings is 2. The molecular weight excluding hydrogens is 264 g/mol. The van der Waals surface area contributed by atoms with Crippen molar-refractivity contribution in [2.45, 2.75) is 6.92 Å². The molecule has 0 aliphatic carbocycles. The van der Waals surface area contributed by atoms with Crippen LogP contribution in [0.4, 0.5) is 5.69 Å². The van der Waals surface area contributed by atoms with E-state index in [1.54, 1.807) is 13.3 Å². The van der Waals surface area contributed by atoms with Gasteiger partial charge in [-0.15, -0.1) is 0 Å². The normalized spacial score (nSPS) is 10.6. The molecule has 0 saturated carbocycles. The number of nitrogens with two attached hydrogens (primary N) is 1. The van der Waals surface area contributed by atoms with Crippen LogP contribution in [0.5, 0.6) is 17.2 Å². The topological polar surface area (TPSA) is 57.4 Å². The van der Waals surface area contributed by atoms with Crippen molar-refractivity contribution in [3.8, 4) is 17.2 Å². The summed E-state index contributed by atoms with van der Waals surface area (Å²) in [5, 5.41) is 1.85. The number of ether oxygens (including phenoxy) is 2. The summed E-state index contributed by atoms with van der Waals surface area (Å²) in [7, 11) is 1.64. The maximum Gasteiger partial charge on any atom is 0.135 e. The van der Waals surface area contributed by atoms with Crippen molar-refractivity contribution in [2.75, 3.05) is 12.8 Å². The summed E-state index contributed by atoms with van der Waals surface area (Å²) < 4.78 is 11.1. The number of fused-ring (bicyclic) bond motifs is 1. The van der Waals surface area contributed by atoms with Crippen molar-refractivity contribution in [3.05, 3.63) is 54.4 Å². The first kappa shape index (κ1) is 13.2. The number of nitrogens with zero attached hydrogens (tertiary/aromatic N) is 1. The third-order valence-electron chi connectivity index (χ3n) is 3.32. The Morgan fingerprint density at radius 1 is 0.952 bits per heavy atom. The molecule has 0 fully saturated rings. The lowest BCUT2D eigenvalue weighted by Gasteiger charge is -2.11. The van der Waals surface area contributed by atoms with E-state index in [4.69, 9.17) is 15.2 Å². The minimum atomic E-state index is 0.694. The molecule has 1 aromatic heterocycles. The van der Waals surface area contributed by atoms with Gasteiger partial charge in [-0.1, -0.05) is 0 Å². The van der Waals surface area contributed by atoms with Gasteiger partial charge in [-0.3, -0.25) is 4.98 Å². The molecule has 0 unspecified atom stereocenters. The summed E-state index contributed by atoms with van der Waals surface area (Å²) in [5.74, 6) is 2.30. The number of aromatic nitrogens is 1. The van der Waals surface area contributed by atoms with Gasteiger partial charge in [0.05, 0.1) is 7.11 Å². The molecule has 0 amide bonds. The van der Waals surface area contributed by atoms with E-state index in [2.05, 4.69) is 4.98 Å². The van der Waals surface area contributed by atoms with E-state index in [9.17, 15) is 0 Å². The van der Waals surface area contributed by atoms with E-state index < -0.39 is 0 Å². The zero-order valence-electron chi connectivity index (χ0n) is 12.0. The van der Waals surface area contributed by atoms with Crippen LogP contribution in [-0.2, 0) is 0 Å². The minimum absolute atomic E-state index is 0.694. The monoisotopic (exact) mass is 280 g/mol. The molecule has 0 aliphatic heterocycles. The van der Waals surface area contributed by atoms with Crippen LogP contribution in [0.25, 0.3) is 10.8 Å². The average molecular weight is 280 g/mol. The fourth-order valence-corrected chi connectivity index (χ4v) is 2.20. The quantitative estimate of drug-likeness (QED) is 0.739. The standard InChI is InChI=1S/C17H16N2O2/c1-11-9-14-15(10-19-11)16(18)7-8-17(14)21-13-5-3-12(20-2)4-6-13/h3-10H,18H2,1-2H3. The van der Waals surface area contributed by atoms with E-state index in [1.807, 2.05) is 49.4 Å². The Labute approximate surface area is 123 Å². The number of anilines is 1. The fraction of sp³-hybridized carbons (Fsp3) is 0.118. The highest BCUT2D eigenvalue weighted by molar-refractivity contribution is 5.96. The lowest BCUT2D eigenvalue weighted by molar-refractivity contribution is 0.413. The van der Waals surface area contributed by atoms with Gasteiger partial charge in [0.1, 0.15) is 17.2 Å². The van der Waals surface area contributed by atoms with Gasteiger partial charge in [0.2, 0.25) is 0 Å². The number of pyridine rings is 1. The third-order valence-corrected chi connectivity index (χ3v) is 3.32. The number of hydrogen-bond donors (Lipinski definition) is 1. The summed E-state index contributed by atoms with van der Waals surface area (Å²) in [5.41, 5.74) is 7.61. The molecule has 0 spiro atoms. The summed E-state index contributed by atoms with van der Waals surface area (Å²) in [6.45, 7) is 1.94. The average Bonchev–Trinajstić information content (AvgIpc) is 2.51. The Balaban J connectivity index is 2.03. The summed E-state index contributed by atoms with van der Waals surface area (Å²) in [4.78, 5) is 4.29. The highest BCUT2D eigenvalue weighted by Crippen LogP contribution is 2.33. The van der Waals surface area contributed by atoms with Crippen LogP contribution in [0.1, 0.15) is 5.69 Å². The molecule has 0 bridgehead atoms. The van der Waals surface area contributed by atoms with Gasteiger partial charge in [-0.2, -0.15) is 0 Å². The van der Waals surface area contributed by atoms with Crippen LogP contribution >= 0.6 is 0 Å². The first-order valence-corrected chi connectivity index (χ1v) is 6.64. The SMILES string of the molecule is COc1ccc(Oc2ccc(N)c3cnc(C)cc23)cc1. The van der Waals surface area contributed by atoms with Gasteiger partial charge in [0, 0.05) is 28.4 Å². The van der Waals surface area contributed by atoms with Crippen molar-refractivity contribution in [2.24, 2.45) is 0 Å². The van der Waals surface area contributed by atoms with Crippen LogP contribution in [0, 0.1) is 6.92 Å². The van der Waals surface area contributed by atoms with E-state index >= 15 is 0 Å². The molecule has 4 nitrogen and oxygen atoms in total. The Hall–Kier alpha value is -2.75. The molecule has 0 radical (unpaired) electrons. The second-order valence-electron chi connectivity index (χ2n) is 4.80. The van der Waals surface area contributed by atoms with Crippen LogP contribution in [0.3, 0.4) is 0 Å². The van der Waals surface area contributed by atoms with Crippen molar-refractivity contribution >= 4 is 16.5 Å². The second-order valence-corrected chi connectivity index (χ2v) is 4.80. The van der Waals surface area contributed by atoms with Crippen LogP contribution in [-0.4, -0.2) is 12.1 Å². The Kier molecular flexibility index (Phi) is 3.36. The van der Waals surface area contributed by atoms with Crippen molar-refractivity contribution in [3.63, 3.8) is 0 Å². The van der Waals surface area contributed by atoms with Gasteiger partial charge < -0.3 is 15.2 Å². The number of aryl methyl sites for hydroxylation is 1. The predicted molar refractivity (Wildman–Crippen MR) is 84.0 cm³/mol. The molecule has 2 N–H and O–H groups in total. The molecule has 106 valence electrons. The number of nitrogen functional groups attached to an aromatic ring is 1. The molecule has 3 aromatic rings. The van der Waals surface area contributed by atoms with E-state index in [0.29, 0.717) is 5.69 Å². The molecule has 0 saturated heterocycles. The van der Waals surface area contributed by atoms with Crippen molar-refractivity contribution < 1.29 is 9.47 Å². The second kappa shape index (κ2) is 5.32. The van der Waals surface area contributed by atoms with E-state index in [-0.39, 0.29) is 0 Å². The summed E-state index contributed by atoms with van der Waals surface area (Å²) in [6.07, 6.45) is 1.78. The largest absolute Gasteiger partial charge is 0.497 e. The molecule has 2 aromatic carbocycles. The third kappa shape index (κ3) is 2.60. The van der Waals surface area contributed by atoms with Crippen LogP contribution < -0.4 is 15.2 Å². The highest BCUT2D eigenvalue weighted by atomic mass is 16.5. The first-order valence-electron chi connectivity index (χ1n) is 6.64.